The van der Waals surface area contributed by atoms with Crippen LogP contribution in [-0.4, -0.2) is 59.4 Å². The zero-order valence-electron chi connectivity index (χ0n) is 14.7. The molecule has 3 heterocycles. The molecule has 1 atom stereocenters. The minimum absolute atomic E-state index is 0.00950. The van der Waals surface area contributed by atoms with E-state index in [1.54, 1.807) is 0 Å². The van der Waals surface area contributed by atoms with E-state index in [0.29, 0.717) is 31.7 Å². The highest BCUT2D eigenvalue weighted by atomic mass is 79.9. The Labute approximate surface area is 158 Å². The highest BCUT2D eigenvalue weighted by molar-refractivity contribution is 9.10. The maximum atomic E-state index is 12.6. The van der Waals surface area contributed by atoms with Crippen LogP contribution in [0.3, 0.4) is 0 Å². The van der Waals surface area contributed by atoms with Crippen LogP contribution in [0, 0.1) is 6.92 Å². The van der Waals surface area contributed by atoms with Gasteiger partial charge in [0, 0.05) is 54.1 Å². The molecule has 1 unspecified atom stereocenters. The van der Waals surface area contributed by atoms with E-state index in [9.17, 15) is 18.0 Å². The minimum Gasteiger partial charge on any atom is -0.318 e. The fourth-order valence-electron chi connectivity index (χ4n) is 3.73. The molecule has 2 aromatic heterocycles. The molecule has 8 heteroatoms. The largest absolute Gasteiger partial charge is 0.401 e. The molecule has 0 amide bonds. The van der Waals surface area contributed by atoms with Crippen molar-refractivity contribution < 1.29 is 18.0 Å². The summed E-state index contributed by atoms with van der Waals surface area (Å²) >= 11 is 3.51. The normalized spacial score (nSPS) is 18.4. The second kappa shape index (κ2) is 7.32. The van der Waals surface area contributed by atoms with Crippen LogP contribution in [0.5, 0.6) is 0 Å². The van der Waals surface area contributed by atoms with E-state index < -0.39 is 12.7 Å². The highest BCUT2D eigenvalue weighted by Gasteiger charge is 2.33. The van der Waals surface area contributed by atoms with Crippen LogP contribution >= 0.6 is 15.9 Å². The summed E-state index contributed by atoms with van der Waals surface area (Å²) in [5.41, 5.74) is 3.45. The van der Waals surface area contributed by atoms with Crippen molar-refractivity contribution in [2.45, 2.75) is 26.1 Å². The van der Waals surface area contributed by atoms with Gasteiger partial charge in [0.05, 0.1) is 12.1 Å². The lowest BCUT2D eigenvalue weighted by Gasteiger charge is -2.39. The summed E-state index contributed by atoms with van der Waals surface area (Å²) in [6.07, 6.45) is -1.36. The van der Waals surface area contributed by atoms with Gasteiger partial charge in [-0.2, -0.15) is 13.2 Å². The lowest BCUT2D eigenvalue weighted by molar-refractivity contribution is -0.149. The van der Waals surface area contributed by atoms with E-state index in [0.717, 1.165) is 27.5 Å². The quantitative estimate of drug-likeness (QED) is 0.683. The summed E-state index contributed by atoms with van der Waals surface area (Å²) in [6.45, 7) is 5.00. The second-order valence-electron chi connectivity index (χ2n) is 6.75. The first-order chi connectivity index (χ1) is 12.2. The minimum atomic E-state index is -4.16. The Morgan fingerprint density at radius 2 is 1.92 bits per heavy atom. The van der Waals surface area contributed by atoms with Crippen LogP contribution < -0.4 is 0 Å². The maximum absolute atomic E-state index is 12.6. The number of alkyl halides is 3. The van der Waals surface area contributed by atoms with E-state index in [-0.39, 0.29) is 6.04 Å². The molecular formula is C18H21BrF3N3O. The van der Waals surface area contributed by atoms with Crippen molar-refractivity contribution in [3.8, 4) is 0 Å². The number of carbonyl (C=O) groups excluding carboxylic acids is 1. The molecule has 1 saturated heterocycles. The van der Waals surface area contributed by atoms with Crippen LogP contribution in [0.15, 0.2) is 22.8 Å². The van der Waals surface area contributed by atoms with Crippen molar-refractivity contribution >= 4 is 27.7 Å². The van der Waals surface area contributed by atoms with Gasteiger partial charge in [-0.1, -0.05) is 0 Å². The second-order valence-corrected chi connectivity index (χ2v) is 7.60. The lowest BCUT2D eigenvalue weighted by atomic mass is 10.0. The summed E-state index contributed by atoms with van der Waals surface area (Å²) in [4.78, 5) is 15.1. The molecule has 26 heavy (non-hydrogen) atoms. The molecule has 2 aromatic rings. The summed E-state index contributed by atoms with van der Waals surface area (Å²) in [6, 6.07) is 3.77. The Bertz CT molecular complexity index is 810. The maximum Gasteiger partial charge on any atom is 0.401 e. The molecule has 0 aromatic carbocycles. The first-order valence-corrected chi connectivity index (χ1v) is 9.29. The summed E-state index contributed by atoms with van der Waals surface area (Å²) in [5, 5.41) is 0. The van der Waals surface area contributed by atoms with Crippen LogP contribution in [0.1, 0.15) is 34.6 Å². The third-order valence-corrected chi connectivity index (χ3v) is 5.79. The molecule has 0 N–H and O–H groups in total. The molecule has 4 nitrogen and oxygen atoms in total. The molecule has 3 rings (SSSR count). The zero-order chi connectivity index (χ0) is 19.1. The summed E-state index contributed by atoms with van der Waals surface area (Å²) in [5.74, 6) is 0. The van der Waals surface area contributed by atoms with Crippen LogP contribution in [0.25, 0.3) is 5.52 Å². The summed E-state index contributed by atoms with van der Waals surface area (Å²) in [7, 11) is 0. The van der Waals surface area contributed by atoms with Crippen molar-refractivity contribution in [3.63, 3.8) is 0 Å². The Morgan fingerprint density at radius 1 is 1.27 bits per heavy atom. The lowest BCUT2D eigenvalue weighted by Crippen LogP contribution is -2.49. The first kappa shape index (κ1) is 19.4. The Hall–Kier alpha value is -1.38. The zero-order valence-corrected chi connectivity index (χ0v) is 16.3. The molecule has 1 aliphatic rings. The van der Waals surface area contributed by atoms with Crippen molar-refractivity contribution in [2.75, 3.05) is 32.7 Å². The third-order valence-electron chi connectivity index (χ3n) is 5.12. The van der Waals surface area contributed by atoms with Crippen molar-refractivity contribution in [1.29, 1.82) is 0 Å². The fourth-order valence-corrected chi connectivity index (χ4v) is 4.15. The molecule has 0 spiro atoms. The Morgan fingerprint density at radius 3 is 2.50 bits per heavy atom. The number of carbonyl (C=O) groups is 1. The van der Waals surface area contributed by atoms with Gasteiger partial charge >= 0.3 is 6.18 Å². The Balaban J connectivity index is 1.86. The number of hydrogen-bond acceptors (Lipinski definition) is 3. The molecule has 0 bridgehead atoms. The predicted molar refractivity (Wildman–Crippen MR) is 97.7 cm³/mol. The van der Waals surface area contributed by atoms with Gasteiger partial charge in [-0.3, -0.25) is 14.6 Å². The summed E-state index contributed by atoms with van der Waals surface area (Å²) < 4.78 is 40.7. The van der Waals surface area contributed by atoms with Gasteiger partial charge in [0.1, 0.15) is 6.29 Å². The number of hydrogen-bond donors (Lipinski definition) is 0. The topological polar surface area (TPSA) is 28.0 Å². The van der Waals surface area contributed by atoms with Gasteiger partial charge in [-0.05, 0) is 47.5 Å². The van der Waals surface area contributed by atoms with Gasteiger partial charge in [0.25, 0.3) is 0 Å². The number of nitrogens with zero attached hydrogens (tertiary/aromatic N) is 3. The van der Waals surface area contributed by atoms with E-state index in [4.69, 9.17) is 0 Å². The number of fused-ring (bicyclic) bond motifs is 1. The van der Waals surface area contributed by atoms with Gasteiger partial charge in [-0.25, -0.2) is 0 Å². The Kier molecular flexibility index (Phi) is 5.46. The standard InChI is InChI=1S/C18H21BrF3N3O/c1-12-14(10-26)9-16-15(19)3-4-25(16)17(12)13(2)24-7-5-23(6-8-24)11-18(20,21)22/h3-4,9-10,13H,5-8,11H2,1-2H3. The van der Waals surface area contributed by atoms with Crippen LogP contribution in [0.4, 0.5) is 13.2 Å². The predicted octanol–water partition coefficient (Wildman–Crippen LogP) is 4.06. The van der Waals surface area contributed by atoms with Crippen molar-refractivity contribution in [2.24, 2.45) is 0 Å². The van der Waals surface area contributed by atoms with Crippen molar-refractivity contribution in [1.82, 2.24) is 14.2 Å². The molecule has 1 aliphatic heterocycles. The SMILES string of the molecule is Cc1c(C=O)cc2c(Br)ccn2c1C(C)N1CCN(CC(F)(F)F)CC1. The monoisotopic (exact) mass is 431 g/mol. The number of aromatic nitrogens is 1. The van der Waals surface area contributed by atoms with Crippen LogP contribution in [-0.2, 0) is 0 Å². The van der Waals surface area contributed by atoms with E-state index >= 15 is 0 Å². The van der Waals surface area contributed by atoms with Gasteiger partial charge in [0.15, 0.2) is 0 Å². The smallest absolute Gasteiger partial charge is 0.318 e. The molecule has 0 saturated carbocycles. The van der Waals surface area contributed by atoms with E-state index in [2.05, 4.69) is 25.2 Å². The number of halogens is 4. The molecule has 142 valence electrons. The molecule has 1 fully saturated rings. The van der Waals surface area contributed by atoms with Crippen molar-refractivity contribution in [3.05, 3.63) is 39.6 Å². The van der Waals surface area contributed by atoms with E-state index in [1.807, 2.05) is 32.2 Å². The first-order valence-electron chi connectivity index (χ1n) is 8.49. The van der Waals surface area contributed by atoms with Gasteiger partial charge in [-0.15, -0.1) is 0 Å². The molecule has 0 radical (unpaired) electrons. The third kappa shape index (κ3) is 3.82. The number of rotatable bonds is 4. The number of pyridine rings is 1. The van der Waals surface area contributed by atoms with Gasteiger partial charge in [0.2, 0.25) is 0 Å². The average Bonchev–Trinajstić information content (AvgIpc) is 2.93. The van der Waals surface area contributed by atoms with E-state index in [1.165, 1.54) is 4.90 Å². The number of piperazine rings is 1. The molecule has 0 aliphatic carbocycles. The average molecular weight is 432 g/mol. The highest BCUT2D eigenvalue weighted by Crippen LogP contribution is 2.31. The van der Waals surface area contributed by atoms with Gasteiger partial charge < -0.3 is 4.40 Å². The van der Waals surface area contributed by atoms with Crippen LogP contribution in [0.2, 0.25) is 0 Å². The number of aldehydes is 1. The molecular weight excluding hydrogens is 411 g/mol. The fraction of sp³-hybridized carbons (Fsp3) is 0.500.